The molecular weight excluding hydrogens is 693 g/mol. The molecule has 0 fully saturated rings. The van der Waals surface area contributed by atoms with Crippen LogP contribution in [-0.2, 0) is 0 Å². The number of furan rings is 1. The molecule has 2 heterocycles. The second kappa shape index (κ2) is 12.5. The minimum atomic E-state index is 0.902. The molecule has 0 unspecified atom stereocenters. The molecule has 0 bridgehead atoms. The molecule has 10 aromatic carbocycles. The van der Waals surface area contributed by atoms with Crippen LogP contribution in [0.5, 0.6) is 0 Å². The lowest BCUT2D eigenvalue weighted by molar-refractivity contribution is 0.669. The molecule has 3 heteroatoms. The quantitative estimate of drug-likeness (QED) is 0.165. The molecule has 0 saturated heterocycles. The lowest BCUT2D eigenvalue weighted by Gasteiger charge is -2.27. The zero-order valence-corrected chi connectivity index (χ0v) is 30.9. The number of anilines is 3. The van der Waals surface area contributed by atoms with Gasteiger partial charge in [-0.1, -0.05) is 133 Å². The van der Waals surface area contributed by atoms with Crippen molar-refractivity contribution in [2.24, 2.45) is 0 Å². The Morgan fingerprint density at radius 1 is 0.333 bits per heavy atom. The first-order valence-electron chi connectivity index (χ1n) is 19.5. The topological polar surface area (TPSA) is 21.3 Å². The summed E-state index contributed by atoms with van der Waals surface area (Å²) >= 11 is 0. The van der Waals surface area contributed by atoms with Gasteiger partial charge in [0.15, 0.2) is 0 Å². The predicted molar refractivity (Wildman–Crippen MR) is 241 cm³/mol. The fourth-order valence-electron chi connectivity index (χ4n) is 9.24. The Hall–Kier alpha value is -7.62. The van der Waals surface area contributed by atoms with Crippen LogP contribution in [0.15, 0.2) is 211 Å². The number of benzene rings is 10. The van der Waals surface area contributed by atoms with Crippen molar-refractivity contribution in [2.75, 3.05) is 4.90 Å². The molecular formula is C54H34N2O. The van der Waals surface area contributed by atoms with E-state index in [1.165, 1.54) is 54.1 Å². The van der Waals surface area contributed by atoms with Crippen molar-refractivity contribution >= 4 is 93.1 Å². The van der Waals surface area contributed by atoms with E-state index in [0.29, 0.717) is 0 Å². The summed E-state index contributed by atoms with van der Waals surface area (Å²) in [5.41, 5.74) is 10.9. The van der Waals surface area contributed by atoms with Crippen molar-refractivity contribution in [2.45, 2.75) is 0 Å². The van der Waals surface area contributed by atoms with Crippen molar-refractivity contribution in [3.63, 3.8) is 0 Å². The second-order valence-corrected chi connectivity index (χ2v) is 14.9. The zero-order chi connectivity index (χ0) is 37.5. The number of para-hydroxylation sites is 3. The van der Waals surface area contributed by atoms with Gasteiger partial charge in [-0.05, 0) is 116 Å². The Balaban J connectivity index is 1.04. The van der Waals surface area contributed by atoms with Gasteiger partial charge in [0, 0.05) is 44.3 Å². The number of fused-ring (bicyclic) bond motifs is 12. The van der Waals surface area contributed by atoms with Crippen molar-refractivity contribution in [3.05, 3.63) is 206 Å². The van der Waals surface area contributed by atoms with Gasteiger partial charge in [-0.15, -0.1) is 0 Å². The summed E-state index contributed by atoms with van der Waals surface area (Å²) in [5.74, 6) is 0. The highest BCUT2D eigenvalue weighted by molar-refractivity contribution is 6.26. The Bertz CT molecular complexity index is 3430. The Labute approximate surface area is 328 Å². The maximum atomic E-state index is 6.26. The molecule has 266 valence electrons. The normalized spacial score (nSPS) is 11.9. The van der Waals surface area contributed by atoms with E-state index in [1.807, 2.05) is 12.1 Å². The molecule has 0 atom stereocenters. The second-order valence-electron chi connectivity index (χ2n) is 14.9. The fraction of sp³-hybridized carbons (Fsp3) is 0. The SMILES string of the molecule is c1ccc2c(c1)oc1cccc(-c3ccc(N(c4ccc(-n5c6ccccc6c6ccccc65)cc4)c4ccc5c6ccccc6c6ccccc6c5c4)cc3)c12. The number of hydrogen-bond acceptors (Lipinski definition) is 2. The van der Waals surface area contributed by atoms with Crippen LogP contribution < -0.4 is 4.90 Å². The van der Waals surface area contributed by atoms with E-state index < -0.39 is 0 Å². The monoisotopic (exact) mass is 726 g/mol. The molecule has 0 amide bonds. The first kappa shape index (κ1) is 31.7. The average molecular weight is 727 g/mol. The van der Waals surface area contributed by atoms with Crippen LogP contribution in [0.2, 0.25) is 0 Å². The third-order valence-electron chi connectivity index (χ3n) is 11.8. The van der Waals surface area contributed by atoms with E-state index in [0.717, 1.165) is 55.8 Å². The largest absolute Gasteiger partial charge is 0.456 e. The van der Waals surface area contributed by atoms with Crippen molar-refractivity contribution in [1.29, 1.82) is 0 Å². The van der Waals surface area contributed by atoms with Gasteiger partial charge < -0.3 is 13.9 Å². The minimum Gasteiger partial charge on any atom is -0.456 e. The summed E-state index contributed by atoms with van der Waals surface area (Å²) < 4.78 is 8.63. The van der Waals surface area contributed by atoms with Gasteiger partial charge in [-0.3, -0.25) is 0 Å². The van der Waals surface area contributed by atoms with Gasteiger partial charge in [0.1, 0.15) is 11.2 Å². The Kier molecular flexibility index (Phi) is 6.93. The van der Waals surface area contributed by atoms with Crippen LogP contribution in [-0.4, -0.2) is 4.57 Å². The lowest BCUT2D eigenvalue weighted by Crippen LogP contribution is -2.10. The smallest absolute Gasteiger partial charge is 0.136 e. The molecule has 0 N–H and O–H groups in total. The van der Waals surface area contributed by atoms with E-state index in [4.69, 9.17) is 4.42 Å². The molecule has 12 aromatic rings. The predicted octanol–water partition coefficient (Wildman–Crippen LogP) is 15.3. The zero-order valence-electron chi connectivity index (χ0n) is 30.9. The molecule has 0 radical (unpaired) electrons. The summed E-state index contributed by atoms with van der Waals surface area (Å²) in [4.78, 5) is 2.39. The van der Waals surface area contributed by atoms with Crippen LogP contribution in [0, 0.1) is 0 Å². The molecule has 0 saturated carbocycles. The number of hydrogen-bond donors (Lipinski definition) is 0. The van der Waals surface area contributed by atoms with Gasteiger partial charge in [0.05, 0.1) is 11.0 Å². The van der Waals surface area contributed by atoms with E-state index >= 15 is 0 Å². The third-order valence-corrected chi connectivity index (χ3v) is 11.8. The molecule has 57 heavy (non-hydrogen) atoms. The summed E-state index contributed by atoms with van der Waals surface area (Å²) in [6.45, 7) is 0. The Morgan fingerprint density at radius 3 is 1.44 bits per heavy atom. The lowest BCUT2D eigenvalue weighted by atomic mass is 9.94. The minimum absolute atomic E-state index is 0.902. The Morgan fingerprint density at radius 2 is 0.807 bits per heavy atom. The molecule has 12 rings (SSSR count). The van der Waals surface area contributed by atoms with Gasteiger partial charge in [-0.25, -0.2) is 0 Å². The van der Waals surface area contributed by atoms with Crippen LogP contribution in [0.4, 0.5) is 17.1 Å². The molecule has 2 aromatic heterocycles. The number of nitrogens with zero attached hydrogens (tertiary/aromatic N) is 2. The highest BCUT2D eigenvalue weighted by Crippen LogP contribution is 2.43. The van der Waals surface area contributed by atoms with E-state index in [9.17, 15) is 0 Å². The molecule has 0 spiro atoms. The summed E-state index contributed by atoms with van der Waals surface area (Å²) in [6.07, 6.45) is 0. The first-order valence-corrected chi connectivity index (χ1v) is 19.5. The van der Waals surface area contributed by atoms with Crippen LogP contribution in [0.3, 0.4) is 0 Å². The highest BCUT2D eigenvalue weighted by atomic mass is 16.3. The van der Waals surface area contributed by atoms with Crippen LogP contribution >= 0.6 is 0 Å². The van der Waals surface area contributed by atoms with E-state index in [2.05, 4.69) is 204 Å². The average Bonchev–Trinajstić information content (AvgIpc) is 3.83. The summed E-state index contributed by atoms with van der Waals surface area (Å²) in [6, 6.07) is 74.5. The maximum Gasteiger partial charge on any atom is 0.136 e. The van der Waals surface area contributed by atoms with Crippen LogP contribution in [0.1, 0.15) is 0 Å². The van der Waals surface area contributed by atoms with Crippen molar-refractivity contribution in [3.8, 4) is 16.8 Å². The van der Waals surface area contributed by atoms with Crippen LogP contribution in [0.25, 0.3) is 92.9 Å². The molecule has 0 aliphatic heterocycles. The summed E-state index contributed by atoms with van der Waals surface area (Å²) in [5, 5.41) is 12.4. The van der Waals surface area contributed by atoms with Gasteiger partial charge in [-0.2, -0.15) is 0 Å². The maximum absolute atomic E-state index is 6.26. The van der Waals surface area contributed by atoms with E-state index in [-0.39, 0.29) is 0 Å². The van der Waals surface area contributed by atoms with E-state index in [1.54, 1.807) is 0 Å². The van der Waals surface area contributed by atoms with Crippen molar-refractivity contribution < 1.29 is 4.42 Å². The standard InChI is InChI=1S/C54H34N2O/c1-2-14-43-41(12-1)42-13-3-4-15-44(42)49-34-39(32-33-45(43)49)55(36-26-24-35(25-27-36)40-19-11-23-53-54(40)48-18-7-10-22-52(48)57-53)37-28-30-38(31-29-37)56-50-20-8-5-16-46(50)47-17-6-9-21-51(47)56/h1-34H. The molecule has 0 aliphatic rings. The molecule has 3 nitrogen and oxygen atoms in total. The van der Waals surface area contributed by atoms with Crippen molar-refractivity contribution in [1.82, 2.24) is 4.57 Å². The highest BCUT2D eigenvalue weighted by Gasteiger charge is 2.18. The molecule has 0 aliphatic carbocycles. The fourth-order valence-corrected chi connectivity index (χ4v) is 9.24. The number of aromatic nitrogens is 1. The first-order chi connectivity index (χ1) is 28.3. The third kappa shape index (κ3) is 4.86. The van der Waals surface area contributed by atoms with Gasteiger partial charge in [0.2, 0.25) is 0 Å². The van der Waals surface area contributed by atoms with Gasteiger partial charge in [0.25, 0.3) is 0 Å². The number of rotatable bonds is 5. The summed E-state index contributed by atoms with van der Waals surface area (Å²) in [7, 11) is 0. The van der Waals surface area contributed by atoms with Gasteiger partial charge >= 0.3 is 0 Å².